The summed E-state index contributed by atoms with van der Waals surface area (Å²) >= 11 is 0. The normalized spacial score (nSPS) is 41.0. The Kier molecular flexibility index (Phi) is 2.21. The van der Waals surface area contributed by atoms with Crippen LogP contribution in [0, 0.1) is 0 Å². The Morgan fingerprint density at radius 1 is 0.917 bits per heavy atom. The topological polar surface area (TPSA) is 9.23 Å². The van der Waals surface area contributed by atoms with E-state index >= 15 is 0 Å². The summed E-state index contributed by atoms with van der Waals surface area (Å²) in [5.41, 5.74) is 0. The van der Waals surface area contributed by atoms with E-state index in [1.807, 2.05) is 0 Å². The first kappa shape index (κ1) is 8.97. The van der Waals surface area contributed by atoms with E-state index in [2.05, 4.69) is 0 Å². The van der Waals surface area contributed by atoms with Gasteiger partial charge in [-0.3, -0.25) is 0 Å². The highest BCUT2D eigenvalue weighted by Crippen LogP contribution is 2.56. The third kappa shape index (κ3) is 1.22. The highest BCUT2D eigenvalue weighted by molar-refractivity contribution is 6.26. The van der Waals surface area contributed by atoms with Gasteiger partial charge in [0.25, 0.3) is 0 Å². The lowest BCUT2D eigenvalue weighted by Gasteiger charge is -2.54. The molecule has 12 heavy (non-hydrogen) atoms. The number of rotatable bonds is 1. The molecule has 1 aliphatic carbocycles. The first-order chi connectivity index (χ1) is 5.66. The zero-order chi connectivity index (χ0) is 8.66. The largest absolute Gasteiger partial charge is 0.379 e. The predicted octanol–water partition coefficient (Wildman–Crippen LogP) is -0.0434. The van der Waals surface area contributed by atoms with Crippen molar-refractivity contribution in [2.75, 3.05) is 6.61 Å². The highest BCUT2D eigenvalue weighted by atomic mass is 28.2. The maximum absolute atomic E-state index is 6.07. The molecule has 0 radical (unpaired) electrons. The third-order valence-electron chi connectivity index (χ3n) is 4.20. The van der Waals surface area contributed by atoms with Gasteiger partial charge in [-0.25, -0.2) is 0 Å². The maximum Gasteiger partial charge on any atom is 0.0508 e. The molecule has 0 bridgehead atoms. The van der Waals surface area contributed by atoms with Gasteiger partial charge >= 0.3 is 0 Å². The predicted molar refractivity (Wildman–Crippen MR) is 59.0 cm³/mol. The lowest BCUT2D eigenvalue weighted by Crippen LogP contribution is -2.51. The van der Waals surface area contributed by atoms with Gasteiger partial charge < -0.3 is 4.74 Å². The summed E-state index contributed by atoms with van der Waals surface area (Å²) in [7, 11) is 2.62. The van der Waals surface area contributed by atoms with Gasteiger partial charge in [-0.05, 0) is 37.1 Å². The van der Waals surface area contributed by atoms with Crippen LogP contribution in [0.2, 0.25) is 5.04 Å². The first-order valence-electron chi connectivity index (χ1n) is 5.30. The number of hydrogen-bond donors (Lipinski definition) is 0. The van der Waals surface area contributed by atoms with Crippen LogP contribution in [-0.4, -0.2) is 32.3 Å². The van der Waals surface area contributed by atoms with Crippen molar-refractivity contribution in [3.05, 3.63) is 0 Å². The average molecular weight is 200 g/mol. The summed E-state index contributed by atoms with van der Waals surface area (Å²) in [5.74, 6) is 0. The molecule has 70 valence electrons. The molecule has 2 rings (SSSR count). The van der Waals surface area contributed by atoms with Crippen LogP contribution >= 0.6 is 0 Å². The molecule has 0 amide bonds. The monoisotopic (exact) mass is 200 g/mol. The Bertz CT molecular complexity index is 171. The van der Waals surface area contributed by atoms with Crippen molar-refractivity contribution in [1.82, 2.24) is 0 Å². The minimum absolute atomic E-state index is 0.412. The average Bonchev–Trinajstić information content (AvgIpc) is 2.01. The summed E-state index contributed by atoms with van der Waals surface area (Å²) in [5, 5.41) is 1.12. The van der Waals surface area contributed by atoms with Crippen molar-refractivity contribution in [3.63, 3.8) is 0 Å². The molecular formula is C9H20OSi2. The quantitative estimate of drug-likeness (QED) is 0.540. The van der Waals surface area contributed by atoms with Crippen LogP contribution in [0.15, 0.2) is 0 Å². The van der Waals surface area contributed by atoms with Gasteiger partial charge in [-0.2, -0.15) is 0 Å². The molecule has 2 aliphatic rings. The van der Waals surface area contributed by atoms with Crippen LogP contribution in [0.5, 0.6) is 0 Å². The van der Waals surface area contributed by atoms with E-state index in [0.717, 1.165) is 6.61 Å². The Balaban J connectivity index is 2.07. The Labute approximate surface area is 81.1 Å². The molecular weight excluding hydrogens is 180 g/mol. The summed E-state index contributed by atoms with van der Waals surface area (Å²) in [4.78, 5) is 0. The van der Waals surface area contributed by atoms with Crippen LogP contribution in [0.4, 0.5) is 0 Å². The van der Waals surface area contributed by atoms with Crippen LogP contribution in [-0.2, 0) is 4.74 Å². The second kappa shape index (κ2) is 2.96. The summed E-state index contributed by atoms with van der Waals surface area (Å²) in [6, 6.07) is 0. The fourth-order valence-electron chi connectivity index (χ4n) is 2.65. The van der Waals surface area contributed by atoms with Crippen LogP contribution in [0.1, 0.15) is 38.5 Å². The van der Waals surface area contributed by atoms with E-state index in [1.165, 1.54) is 59.0 Å². The van der Waals surface area contributed by atoms with Crippen molar-refractivity contribution in [1.29, 1.82) is 0 Å². The summed E-state index contributed by atoms with van der Waals surface area (Å²) < 4.78 is 6.07. The molecule has 0 aromatic carbocycles. The minimum Gasteiger partial charge on any atom is -0.379 e. The van der Waals surface area contributed by atoms with E-state index in [9.17, 15) is 0 Å². The molecule has 0 aromatic rings. The van der Waals surface area contributed by atoms with Crippen LogP contribution in [0.25, 0.3) is 0 Å². The van der Waals surface area contributed by atoms with Crippen molar-refractivity contribution >= 4 is 20.5 Å². The molecule has 1 aliphatic heterocycles. The van der Waals surface area contributed by atoms with Gasteiger partial charge in [0.1, 0.15) is 0 Å². The molecule has 2 fully saturated rings. The molecule has 1 nitrogen and oxygen atoms in total. The van der Waals surface area contributed by atoms with Gasteiger partial charge in [0.2, 0.25) is 0 Å². The van der Waals surface area contributed by atoms with Crippen molar-refractivity contribution in [2.45, 2.75) is 48.8 Å². The van der Waals surface area contributed by atoms with Gasteiger partial charge in [-0.15, -0.1) is 0 Å². The van der Waals surface area contributed by atoms with E-state index in [0.29, 0.717) is 10.3 Å². The van der Waals surface area contributed by atoms with Gasteiger partial charge in [0, 0.05) is 27.1 Å². The van der Waals surface area contributed by atoms with Crippen molar-refractivity contribution in [2.24, 2.45) is 0 Å². The van der Waals surface area contributed by atoms with Crippen LogP contribution < -0.4 is 0 Å². The van der Waals surface area contributed by atoms with E-state index < -0.39 is 0 Å². The van der Waals surface area contributed by atoms with E-state index in [4.69, 9.17) is 4.74 Å². The van der Waals surface area contributed by atoms with Gasteiger partial charge in [-0.1, -0.05) is 6.42 Å². The highest BCUT2D eigenvalue weighted by Gasteiger charge is 2.49. The lowest BCUT2D eigenvalue weighted by atomic mass is 9.76. The van der Waals surface area contributed by atoms with E-state index in [1.54, 1.807) is 0 Å². The maximum atomic E-state index is 6.07. The standard InChI is InChI=1S/C9H20OSi2/c11-8(4-3-5-8)9(12)6-1-2-7-10-9/h1-7H2,11-12H3. The molecule has 0 spiro atoms. The Hall–Kier alpha value is 0.394. The Morgan fingerprint density at radius 2 is 1.67 bits per heavy atom. The molecule has 1 atom stereocenters. The van der Waals surface area contributed by atoms with Crippen molar-refractivity contribution < 1.29 is 4.74 Å². The third-order valence-corrected chi connectivity index (χ3v) is 9.26. The fourth-order valence-corrected chi connectivity index (χ4v) is 4.81. The summed E-state index contributed by atoms with van der Waals surface area (Å²) in [6.45, 7) is 1.05. The fraction of sp³-hybridized carbons (Fsp3) is 1.00. The molecule has 0 N–H and O–H groups in total. The molecule has 3 heteroatoms. The van der Waals surface area contributed by atoms with E-state index in [-0.39, 0.29) is 0 Å². The van der Waals surface area contributed by atoms with Gasteiger partial charge in [0.15, 0.2) is 0 Å². The number of hydrogen-bond acceptors (Lipinski definition) is 1. The second-order valence-corrected chi connectivity index (χ2v) is 8.48. The van der Waals surface area contributed by atoms with Crippen LogP contribution in [0.3, 0.4) is 0 Å². The lowest BCUT2D eigenvalue weighted by molar-refractivity contribution is -0.0676. The van der Waals surface area contributed by atoms with Gasteiger partial charge in [0.05, 0.1) is 5.22 Å². The minimum atomic E-state index is 0.412. The molecule has 1 saturated carbocycles. The smallest absolute Gasteiger partial charge is 0.0508 e. The number of ether oxygens (including phenoxy) is 1. The molecule has 0 aromatic heterocycles. The first-order valence-corrected chi connectivity index (χ1v) is 7.30. The SMILES string of the molecule is [SiH3]C1(C2([SiH3])CCCCO2)CCC1. The zero-order valence-corrected chi connectivity index (χ0v) is 12.4. The second-order valence-electron chi connectivity index (χ2n) is 4.95. The Morgan fingerprint density at radius 3 is 2.08 bits per heavy atom. The summed E-state index contributed by atoms with van der Waals surface area (Å²) in [6.07, 6.45) is 8.53. The molecule has 1 saturated heterocycles. The molecule has 1 heterocycles. The molecule has 1 unspecified atom stereocenters. The van der Waals surface area contributed by atoms with Crippen molar-refractivity contribution in [3.8, 4) is 0 Å². The zero-order valence-electron chi connectivity index (χ0n) is 8.36.